The first kappa shape index (κ1) is 26.5. The fourth-order valence-electron chi connectivity index (χ4n) is 3.88. The highest BCUT2D eigenvalue weighted by Gasteiger charge is 2.32. The lowest BCUT2D eigenvalue weighted by atomic mass is 10.0. The van der Waals surface area contributed by atoms with E-state index in [1.54, 1.807) is 86.6 Å². The van der Waals surface area contributed by atoms with E-state index in [9.17, 15) is 14.4 Å². The molecule has 37 heavy (non-hydrogen) atoms. The molecule has 0 unspecified atom stereocenters. The molecule has 0 spiro atoms. The van der Waals surface area contributed by atoms with Gasteiger partial charge in [-0.05, 0) is 86.6 Å². The molecule has 0 bridgehead atoms. The van der Waals surface area contributed by atoms with Crippen molar-refractivity contribution in [1.29, 1.82) is 0 Å². The summed E-state index contributed by atoms with van der Waals surface area (Å²) in [4.78, 5) is 40.1. The molecular formula is C29H29ClN2O5. The lowest BCUT2D eigenvalue weighted by Crippen LogP contribution is -2.45. The maximum atomic E-state index is 12.8. The van der Waals surface area contributed by atoms with Crippen LogP contribution in [-0.2, 0) is 4.79 Å². The van der Waals surface area contributed by atoms with Crippen LogP contribution in [0.4, 0.5) is 0 Å². The monoisotopic (exact) mass is 520 g/mol. The third kappa shape index (κ3) is 7.04. The van der Waals surface area contributed by atoms with Crippen molar-refractivity contribution in [2.45, 2.75) is 19.4 Å². The molecule has 1 fully saturated rings. The minimum Gasteiger partial charge on any atom is -0.476 e. The van der Waals surface area contributed by atoms with Crippen LogP contribution in [0.2, 0.25) is 5.02 Å². The minimum atomic E-state index is -1.29. The second-order valence-corrected chi connectivity index (χ2v) is 9.77. The molecule has 4 rings (SSSR count). The highest BCUT2D eigenvalue weighted by molar-refractivity contribution is 6.30. The van der Waals surface area contributed by atoms with Gasteiger partial charge >= 0.3 is 5.97 Å². The van der Waals surface area contributed by atoms with Crippen LogP contribution < -0.4 is 14.8 Å². The van der Waals surface area contributed by atoms with Crippen molar-refractivity contribution in [2.75, 3.05) is 32.7 Å². The number of hydrogen-bond acceptors (Lipinski definition) is 7. The average molecular weight is 521 g/mol. The van der Waals surface area contributed by atoms with Crippen molar-refractivity contribution in [3.8, 4) is 11.5 Å². The molecule has 1 N–H and O–H groups in total. The molecule has 0 amide bonds. The highest BCUT2D eigenvalue weighted by Crippen LogP contribution is 2.23. The number of piperazine rings is 1. The van der Waals surface area contributed by atoms with Crippen LogP contribution in [0.5, 0.6) is 11.5 Å². The summed E-state index contributed by atoms with van der Waals surface area (Å²) in [6.45, 7) is 7.03. The Kier molecular flexibility index (Phi) is 8.38. The summed E-state index contributed by atoms with van der Waals surface area (Å²) >= 11 is 5.89. The Labute approximate surface area is 221 Å². The van der Waals surface area contributed by atoms with Gasteiger partial charge in [0, 0.05) is 47.9 Å². The van der Waals surface area contributed by atoms with Gasteiger partial charge in [-0.25, -0.2) is 4.79 Å². The van der Waals surface area contributed by atoms with E-state index in [1.165, 1.54) is 0 Å². The van der Waals surface area contributed by atoms with Crippen LogP contribution in [0.1, 0.15) is 40.1 Å². The lowest BCUT2D eigenvalue weighted by Gasteiger charge is -2.26. The summed E-state index contributed by atoms with van der Waals surface area (Å²) in [5.41, 5.74) is 0.292. The van der Waals surface area contributed by atoms with Gasteiger partial charge < -0.3 is 14.8 Å². The smallest absolute Gasteiger partial charge is 0.355 e. The lowest BCUT2D eigenvalue weighted by molar-refractivity contribution is -0.149. The van der Waals surface area contributed by atoms with Crippen LogP contribution in [0.3, 0.4) is 0 Å². The quantitative estimate of drug-likeness (QED) is 0.254. The molecule has 1 aliphatic rings. The van der Waals surface area contributed by atoms with Crippen molar-refractivity contribution in [3.63, 3.8) is 0 Å². The van der Waals surface area contributed by atoms with E-state index in [2.05, 4.69) is 10.2 Å². The van der Waals surface area contributed by atoms with Gasteiger partial charge in [0.1, 0.15) is 11.5 Å². The van der Waals surface area contributed by atoms with Crippen molar-refractivity contribution in [2.24, 2.45) is 0 Å². The molecule has 0 atom stereocenters. The largest absolute Gasteiger partial charge is 0.476 e. The number of Topliss-reactive ketones (excluding diaryl/α,β-unsaturated/α-hetero) is 1. The third-order valence-electron chi connectivity index (χ3n) is 6.05. The maximum Gasteiger partial charge on any atom is 0.355 e. The van der Waals surface area contributed by atoms with Crippen LogP contribution >= 0.6 is 11.6 Å². The van der Waals surface area contributed by atoms with E-state index in [1.807, 2.05) is 0 Å². The predicted octanol–water partition coefficient (Wildman–Crippen LogP) is 4.42. The minimum absolute atomic E-state index is 0.0291. The van der Waals surface area contributed by atoms with Gasteiger partial charge in [-0.15, -0.1) is 0 Å². The van der Waals surface area contributed by atoms with Gasteiger partial charge in [0.15, 0.2) is 11.6 Å². The predicted molar refractivity (Wildman–Crippen MR) is 142 cm³/mol. The average Bonchev–Trinajstić information content (AvgIpc) is 2.90. The number of ketones is 2. The molecular weight excluding hydrogens is 492 g/mol. The van der Waals surface area contributed by atoms with Crippen molar-refractivity contribution in [1.82, 2.24) is 10.2 Å². The fraction of sp³-hybridized carbons (Fsp3) is 0.276. The second-order valence-electron chi connectivity index (χ2n) is 9.34. The fourth-order valence-corrected chi connectivity index (χ4v) is 4.01. The first-order valence-electron chi connectivity index (χ1n) is 12.1. The zero-order valence-corrected chi connectivity index (χ0v) is 21.6. The topological polar surface area (TPSA) is 84.9 Å². The summed E-state index contributed by atoms with van der Waals surface area (Å²) in [7, 11) is 0. The van der Waals surface area contributed by atoms with E-state index in [0.717, 1.165) is 26.2 Å². The number of rotatable bonds is 9. The Morgan fingerprint density at radius 2 is 1.32 bits per heavy atom. The molecule has 3 aromatic rings. The van der Waals surface area contributed by atoms with Gasteiger partial charge in [0.05, 0.1) is 6.54 Å². The van der Waals surface area contributed by atoms with Crippen molar-refractivity contribution >= 4 is 29.1 Å². The Bertz CT molecular complexity index is 1250. The number of nitrogens with one attached hydrogen (secondary N) is 1. The highest BCUT2D eigenvalue weighted by atomic mass is 35.5. The Hall–Kier alpha value is -3.52. The number of nitrogens with zero attached hydrogens (tertiary/aromatic N) is 1. The van der Waals surface area contributed by atoms with Gasteiger partial charge in [-0.2, -0.15) is 0 Å². The number of ether oxygens (including phenoxy) is 2. The summed E-state index contributed by atoms with van der Waals surface area (Å²) < 4.78 is 11.4. The molecule has 0 aliphatic carbocycles. The number of halogens is 1. The molecule has 1 aliphatic heterocycles. The maximum absolute atomic E-state index is 12.8. The van der Waals surface area contributed by atoms with Crippen LogP contribution in [-0.4, -0.2) is 60.8 Å². The molecule has 3 aromatic carbocycles. The third-order valence-corrected chi connectivity index (χ3v) is 6.30. The van der Waals surface area contributed by atoms with Crippen LogP contribution in [0, 0.1) is 0 Å². The number of carbonyl (C=O) groups excluding carboxylic acids is 3. The molecule has 1 heterocycles. The van der Waals surface area contributed by atoms with Crippen LogP contribution in [0.15, 0.2) is 72.8 Å². The molecule has 0 radical (unpaired) electrons. The van der Waals surface area contributed by atoms with E-state index >= 15 is 0 Å². The summed E-state index contributed by atoms with van der Waals surface area (Å²) in [6, 6.07) is 19.8. The van der Waals surface area contributed by atoms with Crippen molar-refractivity contribution in [3.05, 3.63) is 94.5 Å². The van der Waals surface area contributed by atoms with Crippen molar-refractivity contribution < 1.29 is 23.9 Å². The number of esters is 1. The summed E-state index contributed by atoms with van der Waals surface area (Å²) in [6.07, 6.45) is 0. The summed E-state index contributed by atoms with van der Waals surface area (Å²) in [5.74, 6) is 0.0414. The first-order chi connectivity index (χ1) is 17.7. The Morgan fingerprint density at radius 3 is 1.92 bits per heavy atom. The molecule has 0 aromatic heterocycles. The first-order valence-corrected chi connectivity index (χ1v) is 12.5. The second kappa shape index (κ2) is 11.7. The van der Waals surface area contributed by atoms with Crippen LogP contribution in [0.25, 0.3) is 0 Å². The van der Waals surface area contributed by atoms with Gasteiger partial charge in [-0.1, -0.05) is 11.6 Å². The Balaban J connectivity index is 1.33. The zero-order valence-electron chi connectivity index (χ0n) is 20.8. The summed E-state index contributed by atoms with van der Waals surface area (Å²) in [5, 5.41) is 3.83. The number of hydrogen-bond donors (Lipinski definition) is 1. The number of benzene rings is 3. The molecule has 8 heteroatoms. The zero-order chi connectivity index (χ0) is 26.4. The normalized spacial score (nSPS) is 14.1. The number of carbonyl (C=O) groups is 3. The molecule has 7 nitrogen and oxygen atoms in total. The van der Waals surface area contributed by atoms with Gasteiger partial charge in [0.2, 0.25) is 5.60 Å². The molecule has 1 saturated heterocycles. The van der Waals surface area contributed by atoms with Gasteiger partial charge in [0.25, 0.3) is 0 Å². The van der Waals surface area contributed by atoms with E-state index in [0.29, 0.717) is 39.8 Å². The van der Waals surface area contributed by atoms with Gasteiger partial charge in [-0.3, -0.25) is 14.5 Å². The Morgan fingerprint density at radius 1 is 0.811 bits per heavy atom. The van der Waals surface area contributed by atoms with E-state index < -0.39 is 11.6 Å². The van der Waals surface area contributed by atoms with E-state index in [4.69, 9.17) is 21.1 Å². The molecule has 192 valence electrons. The SMILES string of the molecule is CC(C)(Oc1ccc(C(=O)c2ccc(Cl)cc2)cc1)C(=O)Oc1ccc(C(=O)CN2CCNCC2)cc1. The standard InChI is InChI=1S/C29H29ClN2O5/c1-29(2,37-25-13-7-22(8-14-25)27(34)21-3-9-23(30)10-4-21)28(35)36-24-11-5-20(6-12-24)26(33)19-32-17-15-31-16-18-32/h3-14,31H,15-19H2,1-2H3. The van der Waals surface area contributed by atoms with E-state index in [-0.39, 0.29) is 11.6 Å². The molecule has 0 saturated carbocycles.